The highest BCUT2D eigenvalue weighted by Gasteiger charge is 2.63. The number of benzene rings is 1. The number of hydrogen-bond donors (Lipinski definition) is 2. The van der Waals surface area contributed by atoms with E-state index < -0.39 is 5.54 Å². The van der Waals surface area contributed by atoms with Crippen molar-refractivity contribution < 1.29 is 14.3 Å². The van der Waals surface area contributed by atoms with E-state index in [1.165, 1.54) is 7.11 Å². The van der Waals surface area contributed by atoms with Crippen molar-refractivity contribution in [3.05, 3.63) is 23.8 Å². The lowest BCUT2D eigenvalue weighted by molar-refractivity contribution is -0.146. The first kappa shape index (κ1) is 13.6. The Morgan fingerprint density at radius 3 is 3.09 bits per heavy atom. The largest absolute Gasteiger partial charge is 0.469 e. The number of nitrogens with zero attached hydrogens (tertiary/aromatic N) is 1. The molecule has 1 aromatic carbocycles. The number of esters is 1. The highest BCUT2D eigenvalue weighted by Crippen LogP contribution is 2.54. The molecule has 3 aliphatic heterocycles. The summed E-state index contributed by atoms with van der Waals surface area (Å²) in [6, 6.07) is 5.56. The first-order chi connectivity index (χ1) is 10.6. The maximum absolute atomic E-state index is 12.8. The van der Waals surface area contributed by atoms with E-state index in [1.807, 2.05) is 12.1 Å². The Morgan fingerprint density at radius 2 is 2.32 bits per heavy atom. The topological polar surface area (TPSA) is 84.7 Å². The van der Waals surface area contributed by atoms with Gasteiger partial charge in [-0.3, -0.25) is 14.5 Å². The zero-order valence-electron chi connectivity index (χ0n) is 12.5. The van der Waals surface area contributed by atoms with Gasteiger partial charge in [0.1, 0.15) is 5.54 Å². The van der Waals surface area contributed by atoms with Crippen molar-refractivity contribution in [2.24, 2.45) is 5.92 Å². The van der Waals surface area contributed by atoms with Crippen LogP contribution >= 0.6 is 0 Å². The normalized spacial score (nSPS) is 32.9. The minimum atomic E-state index is -0.773. The van der Waals surface area contributed by atoms with Gasteiger partial charge in [0.15, 0.2) is 0 Å². The van der Waals surface area contributed by atoms with Crippen molar-refractivity contribution in [1.82, 2.24) is 4.90 Å². The summed E-state index contributed by atoms with van der Waals surface area (Å²) in [6.45, 7) is 0.819. The number of carbonyl (C=O) groups is 2. The summed E-state index contributed by atoms with van der Waals surface area (Å²) in [6.07, 6.45) is 2.38. The van der Waals surface area contributed by atoms with E-state index in [2.05, 4.69) is 10.2 Å². The van der Waals surface area contributed by atoms with Gasteiger partial charge in [-0.1, -0.05) is 0 Å². The van der Waals surface area contributed by atoms with Gasteiger partial charge in [0.2, 0.25) is 5.91 Å². The van der Waals surface area contributed by atoms with Gasteiger partial charge in [-0.15, -0.1) is 0 Å². The van der Waals surface area contributed by atoms with Gasteiger partial charge in [0.25, 0.3) is 0 Å². The van der Waals surface area contributed by atoms with Crippen LogP contribution in [0.4, 0.5) is 11.4 Å². The predicted octanol–water partition coefficient (Wildman–Crippen LogP) is 1.07. The summed E-state index contributed by atoms with van der Waals surface area (Å²) >= 11 is 0. The van der Waals surface area contributed by atoms with E-state index in [9.17, 15) is 9.59 Å². The van der Waals surface area contributed by atoms with Gasteiger partial charge in [0.05, 0.1) is 13.0 Å². The Hall–Kier alpha value is -2.08. The van der Waals surface area contributed by atoms with Gasteiger partial charge < -0.3 is 15.8 Å². The molecule has 0 radical (unpaired) electrons. The zero-order chi connectivity index (χ0) is 15.5. The number of ether oxygens (including phenoxy) is 1. The summed E-state index contributed by atoms with van der Waals surface area (Å²) in [4.78, 5) is 27.2. The first-order valence-corrected chi connectivity index (χ1v) is 7.64. The predicted molar refractivity (Wildman–Crippen MR) is 81.0 cm³/mol. The standard InChI is InChI=1S/C16H19N3O3/c1-22-14(20)10-8-16(19-6-2-3-13(10)19)11-7-9(17)4-5-12(11)18-15(16)21/h4-5,7,10,13H,2-3,6,8,17H2,1H3,(H,18,21)/t10-,13-,16+/m1/s1. The number of amides is 1. The van der Waals surface area contributed by atoms with Gasteiger partial charge in [-0.2, -0.15) is 0 Å². The highest BCUT2D eigenvalue weighted by molar-refractivity contribution is 6.07. The Kier molecular flexibility index (Phi) is 2.75. The molecule has 0 bridgehead atoms. The second kappa shape index (κ2) is 4.46. The van der Waals surface area contributed by atoms with Crippen molar-refractivity contribution in [1.29, 1.82) is 0 Å². The van der Waals surface area contributed by atoms with Crippen LogP contribution in [0.25, 0.3) is 0 Å². The Labute approximate surface area is 128 Å². The molecule has 116 valence electrons. The third-order valence-corrected chi connectivity index (χ3v) is 5.39. The van der Waals surface area contributed by atoms with Crippen LogP contribution < -0.4 is 11.1 Å². The summed E-state index contributed by atoms with van der Waals surface area (Å²) < 4.78 is 4.97. The number of hydrogen-bond acceptors (Lipinski definition) is 5. The number of nitrogen functional groups attached to an aromatic ring is 1. The van der Waals surface area contributed by atoms with Gasteiger partial charge in [0, 0.05) is 23.0 Å². The summed E-state index contributed by atoms with van der Waals surface area (Å²) in [5.41, 5.74) is 7.49. The maximum Gasteiger partial charge on any atom is 0.310 e. The van der Waals surface area contributed by atoms with E-state index in [-0.39, 0.29) is 23.8 Å². The average Bonchev–Trinajstić information content (AvgIpc) is 3.15. The number of nitrogens with one attached hydrogen (secondary N) is 1. The number of nitrogens with two attached hydrogens (primary N) is 1. The molecular weight excluding hydrogens is 282 g/mol. The van der Waals surface area contributed by atoms with Crippen LogP contribution in [-0.2, 0) is 19.9 Å². The van der Waals surface area contributed by atoms with Crippen molar-refractivity contribution in [2.75, 3.05) is 24.7 Å². The van der Waals surface area contributed by atoms with E-state index in [0.29, 0.717) is 12.1 Å². The number of anilines is 2. The molecule has 1 amide bonds. The maximum atomic E-state index is 12.8. The van der Waals surface area contributed by atoms with Crippen LogP contribution in [0.15, 0.2) is 18.2 Å². The third-order valence-electron chi connectivity index (χ3n) is 5.39. The van der Waals surface area contributed by atoms with Crippen molar-refractivity contribution >= 4 is 23.3 Å². The lowest BCUT2D eigenvalue weighted by Crippen LogP contribution is -2.47. The Morgan fingerprint density at radius 1 is 1.50 bits per heavy atom. The fourth-order valence-electron chi connectivity index (χ4n) is 4.50. The van der Waals surface area contributed by atoms with Crippen LogP contribution in [0.5, 0.6) is 0 Å². The fourth-order valence-corrected chi connectivity index (χ4v) is 4.50. The smallest absolute Gasteiger partial charge is 0.310 e. The fraction of sp³-hybridized carbons (Fsp3) is 0.500. The zero-order valence-corrected chi connectivity index (χ0v) is 12.5. The van der Waals surface area contributed by atoms with E-state index in [0.717, 1.165) is 30.6 Å². The van der Waals surface area contributed by atoms with Crippen LogP contribution in [0, 0.1) is 5.92 Å². The summed E-state index contributed by atoms with van der Waals surface area (Å²) in [5.74, 6) is -0.532. The second-order valence-electron chi connectivity index (χ2n) is 6.36. The molecule has 0 unspecified atom stereocenters. The molecule has 6 heteroatoms. The van der Waals surface area contributed by atoms with Gasteiger partial charge in [-0.25, -0.2) is 0 Å². The first-order valence-electron chi connectivity index (χ1n) is 7.64. The van der Waals surface area contributed by atoms with Crippen molar-refractivity contribution in [3.8, 4) is 0 Å². The minimum Gasteiger partial charge on any atom is -0.469 e. The third kappa shape index (κ3) is 1.53. The van der Waals surface area contributed by atoms with Crippen molar-refractivity contribution in [2.45, 2.75) is 30.8 Å². The molecule has 3 heterocycles. The van der Waals surface area contributed by atoms with Crippen molar-refractivity contribution in [3.63, 3.8) is 0 Å². The molecule has 6 nitrogen and oxygen atoms in total. The minimum absolute atomic E-state index is 0.0496. The molecule has 1 spiro atoms. The second-order valence-corrected chi connectivity index (χ2v) is 6.36. The molecule has 3 atom stereocenters. The number of methoxy groups -OCH3 is 1. The average molecular weight is 301 g/mol. The Balaban J connectivity index is 1.86. The van der Waals surface area contributed by atoms with Crippen LogP contribution in [0.1, 0.15) is 24.8 Å². The molecule has 0 aromatic heterocycles. The highest BCUT2D eigenvalue weighted by atomic mass is 16.5. The number of rotatable bonds is 1. The van der Waals surface area contributed by atoms with E-state index in [1.54, 1.807) is 6.07 Å². The lowest BCUT2D eigenvalue weighted by atomic mass is 9.84. The monoisotopic (exact) mass is 301 g/mol. The molecule has 0 aliphatic carbocycles. The van der Waals surface area contributed by atoms with Gasteiger partial charge >= 0.3 is 5.97 Å². The number of fused-ring (bicyclic) bond motifs is 4. The van der Waals surface area contributed by atoms with Crippen LogP contribution in [-0.4, -0.2) is 36.5 Å². The molecule has 2 fully saturated rings. The molecule has 3 N–H and O–H groups in total. The summed E-state index contributed by atoms with van der Waals surface area (Å²) in [7, 11) is 1.41. The molecule has 2 saturated heterocycles. The molecule has 4 rings (SSSR count). The molecule has 3 aliphatic rings. The Bertz CT molecular complexity index is 675. The molecule has 0 saturated carbocycles. The van der Waals surface area contributed by atoms with Gasteiger partial charge in [-0.05, 0) is 44.0 Å². The van der Waals surface area contributed by atoms with E-state index >= 15 is 0 Å². The lowest BCUT2D eigenvalue weighted by Gasteiger charge is -2.32. The molecule has 22 heavy (non-hydrogen) atoms. The number of carbonyl (C=O) groups excluding carboxylic acids is 2. The van der Waals surface area contributed by atoms with Crippen LogP contribution in [0.3, 0.4) is 0 Å². The van der Waals surface area contributed by atoms with Crippen LogP contribution in [0.2, 0.25) is 0 Å². The summed E-state index contributed by atoms with van der Waals surface area (Å²) in [5, 5.41) is 2.96. The van der Waals surface area contributed by atoms with E-state index in [4.69, 9.17) is 10.5 Å². The molecular formula is C16H19N3O3. The quantitative estimate of drug-likeness (QED) is 0.599. The molecule has 1 aromatic rings. The SMILES string of the molecule is COC(=O)[C@@H]1C[C@]2(C(=O)Nc3ccc(N)cc32)N2CCC[C@H]12.